The highest BCUT2D eigenvalue weighted by Gasteiger charge is 2.17. The molecule has 6 heteroatoms. The van der Waals surface area contributed by atoms with E-state index in [1.54, 1.807) is 0 Å². The molecule has 0 amide bonds. The Morgan fingerprint density at radius 1 is 1.13 bits per heavy atom. The number of nitrogens with zero attached hydrogens (tertiary/aromatic N) is 3. The predicted octanol–water partition coefficient (Wildman–Crippen LogP) is 2.11. The highest BCUT2D eigenvalue weighted by molar-refractivity contribution is 14.0. The first-order valence-electron chi connectivity index (χ1n) is 9.18. The number of piperazine rings is 1. The molecular weight excluding hydrogens is 401 g/mol. The zero-order valence-electron chi connectivity index (χ0n) is 15.0. The molecule has 1 unspecified atom stereocenters. The Bertz CT molecular complexity index is 336. The largest absolute Gasteiger partial charge is 0.370 e. The highest BCUT2D eigenvalue weighted by Crippen LogP contribution is 2.17. The van der Waals surface area contributed by atoms with Gasteiger partial charge < -0.3 is 20.9 Å². The summed E-state index contributed by atoms with van der Waals surface area (Å²) in [6, 6.07) is 0.551. The summed E-state index contributed by atoms with van der Waals surface area (Å²) in [7, 11) is 0. The van der Waals surface area contributed by atoms with Gasteiger partial charge in [0.25, 0.3) is 0 Å². The van der Waals surface area contributed by atoms with Crippen molar-refractivity contribution in [2.45, 2.75) is 52.0 Å². The van der Waals surface area contributed by atoms with Crippen LogP contribution in [0.5, 0.6) is 0 Å². The minimum atomic E-state index is 0. The lowest BCUT2D eigenvalue weighted by atomic mass is 9.96. The minimum Gasteiger partial charge on any atom is -0.370 e. The average Bonchev–Trinajstić information content (AvgIpc) is 2.55. The van der Waals surface area contributed by atoms with E-state index in [-0.39, 0.29) is 24.0 Å². The molecule has 1 heterocycles. The summed E-state index contributed by atoms with van der Waals surface area (Å²) >= 11 is 0. The molecule has 3 N–H and O–H groups in total. The van der Waals surface area contributed by atoms with Crippen molar-refractivity contribution >= 4 is 29.9 Å². The molecule has 0 aromatic rings. The zero-order valence-corrected chi connectivity index (χ0v) is 17.3. The smallest absolute Gasteiger partial charge is 0.188 e. The van der Waals surface area contributed by atoms with Gasteiger partial charge in [-0.2, -0.15) is 0 Å². The number of nitrogens with two attached hydrogens (primary N) is 1. The van der Waals surface area contributed by atoms with Crippen molar-refractivity contribution in [2.24, 2.45) is 16.6 Å². The van der Waals surface area contributed by atoms with Crippen LogP contribution in [0.2, 0.25) is 0 Å². The second kappa shape index (κ2) is 11.5. The quantitative estimate of drug-likeness (QED) is 0.380. The van der Waals surface area contributed by atoms with Gasteiger partial charge in [0.2, 0.25) is 0 Å². The van der Waals surface area contributed by atoms with Gasteiger partial charge in [-0.25, -0.2) is 0 Å². The molecule has 0 spiro atoms. The SMILES string of the molecule is CCN1CCN(CC(C)CN=C(N)NC2CCCCC2)CC1.I. The number of halogens is 1. The Labute approximate surface area is 159 Å². The fourth-order valence-corrected chi connectivity index (χ4v) is 3.54. The summed E-state index contributed by atoms with van der Waals surface area (Å²) < 4.78 is 0. The topological polar surface area (TPSA) is 56.9 Å². The van der Waals surface area contributed by atoms with E-state index in [1.165, 1.54) is 64.8 Å². The molecule has 2 fully saturated rings. The molecule has 2 aliphatic rings. The van der Waals surface area contributed by atoms with Gasteiger partial charge in [-0.3, -0.25) is 4.99 Å². The van der Waals surface area contributed by atoms with E-state index >= 15 is 0 Å². The van der Waals surface area contributed by atoms with Crippen LogP contribution < -0.4 is 11.1 Å². The molecule has 23 heavy (non-hydrogen) atoms. The minimum absolute atomic E-state index is 0. The zero-order chi connectivity index (χ0) is 15.8. The van der Waals surface area contributed by atoms with Gasteiger partial charge in [0.15, 0.2) is 5.96 Å². The van der Waals surface area contributed by atoms with E-state index in [2.05, 4.69) is 34.0 Å². The van der Waals surface area contributed by atoms with Crippen LogP contribution in [0, 0.1) is 5.92 Å². The van der Waals surface area contributed by atoms with Crippen LogP contribution in [-0.2, 0) is 0 Å². The van der Waals surface area contributed by atoms with Crippen LogP contribution in [-0.4, -0.2) is 67.6 Å². The maximum atomic E-state index is 6.04. The van der Waals surface area contributed by atoms with Crippen LogP contribution in [0.25, 0.3) is 0 Å². The number of hydrogen-bond acceptors (Lipinski definition) is 3. The molecule has 1 saturated carbocycles. The molecule has 0 radical (unpaired) electrons. The molecule has 0 aromatic heterocycles. The molecule has 1 aliphatic heterocycles. The molecule has 1 saturated heterocycles. The summed E-state index contributed by atoms with van der Waals surface area (Å²) in [6.07, 6.45) is 6.51. The molecule has 2 rings (SSSR count). The molecule has 0 aromatic carbocycles. The second-order valence-corrected chi connectivity index (χ2v) is 7.05. The first-order valence-corrected chi connectivity index (χ1v) is 9.18. The van der Waals surface area contributed by atoms with Gasteiger partial charge in [-0.05, 0) is 25.3 Å². The van der Waals surface area contributed by atoms with Crippen molar-refractivity contribution in [3.8, 4) is 0 Å². The van der Waals surface area contributed by atoms with Crippen LogP contribution in [0.1, 0.15) is 46.0 Å². The van der Waals surface area contributed by atoms with Gasteiger partial charge >= 0.3 is 0 Å². The monoisotopic (exact) mass is 437 g/mol. The molecule has 136 valence electrons. The second-order valence-electron chi connectivity index (χ2n) is 7.05. The molecule has 0 bridgehead atoms. The summed E-state index contributed by atoms with van der Waals surface area (Å²) in [6.45, 7) is 12.5. The number of likely N-dealkylation sites (N-methyl/N-ethyl adjacent to an activating group) is 1. The Balaban J connectivity index is 0.00000264. The Morgan fingerprint density at radius 3 is 2.35 bits per heavy atom. The molecule has 5 nitrogen and oxygen atoms in total. The number of nitrogens with one attached hydrogen (secondary N) is 1. The first-order chi connectivity index (χ1) is 10.7. The van der Waals surface area contributed by atoms with Crippen LogP contribution in [0.3, 0.4) is 0 Å². The third-order valence-electron chi connectivity index (χ3n) is 5.01. The van der Waals surface area contributed by atoms with E-state index in [9.17, 15) is 0 Å². The normalized spacial score (nSPS) is 23.3. The number of rotatable bonds is 6. The lowest BCUT2D eigenvalue weighted by molar-refractivity contribution is 0.125. The first kappa shape index (κ1) is 21.0. The number of guanidine groups is 1. The standard InChI is InChI=1S/C17H35N5.HI/c1-3-21-9-11-22(12-10-21)14-15(2)13-19-17(18)20-16-7-5-4-6-8-16;/h15-16H,3-14H2,1-2H3,(H3,18,19,20);1H. The van der Waals surface area contributed by atoms with Crippen LogP contribution in [0.15, 0.2) is 4.99 Å². The maximum Gasteiger partial charge on any atom is 0.188 e. The van der Waals surface area contributed by atoms with Crippen molar-refractivity contribution in [2.75, 3.05) is 45.8 Å². The van der Waals surface area contributed by atoms with Crippen molar-refractivity contribution < 1.29 is 0 Å². The lowest BCUT2D eigenvalue weighted by Gasteiger charge is -2.35. The molecular formula is C17H36IN5. The molecule has 1 aliphatic carbocycles. The number of aliphatic imine (C=N–C) groups is 1. The highest BCUT2D eigenvalue weighted by atomic mass is 127. The van der Waals surface area contributed by atoms with Crippen molar-refractivity contribution in [3.05, 3.63) is 0 Å². The summed E-state index contributed by atoms with van der Waals surface area (Å²) in [5.74, 6) is 1.22. The Hall–Kier alpha value is -0.0800. The van der Waals surface area contributed by atoms with E-state index in [4.69, 9.17) is 5.73 Å². The summed E-state index contributed by atoms with van der Waals surface area (Å²) in [5.41, 5.74) is 6.04. The van der Waals surface area contributed by atoms with Gasteiger partial charge in [-0.15, -0.1) is 24.0 Å². The van der Waals surface area contributed by atoms with Gasteiger partial charge in [0.1, 0.15) is 0 Å². The fourth-order valence-electron chi connectivity index (χ4n) is 3.54. The van der Waals surface area contributed by atoms with E-state index in [0.29, 0.717) is 17.9 Å². The van der Waals surface area contributed by atoms with Crippen molar-refractivity contribution in [3.63, 3.8) is 0 Å². The van der Waals surface area contributed by atoms with Gasteiger partial charge in [-0.1, -0.05) is 33.1 Å². The lowest BCUT2D eigenvalue weighted by Crippen LogP contribution is -2.47. The average molecular weight is 437 g/mol. The third-order valence-corrected chi connectivity index (χ3v) is 5.01. The maximum absolute atomic E-state index is 6.04. The molecule has 1 atom stereocenters. The Morgan fingerprint density at radius 2 is 1.74 bits per heavy atom. The van der Waals surface area contributed by atoms with Crippen LogP contribution in [0.4, 0.5) is 0 Å². The van der Waals surface area contributed by atoms with Crippen molar-refractivity contribution in [1.82, 2.24) is 15.1 Å². The Kier molecular flexibility index (Phi) is 10.5. The summed E-state index contributed by atoms with van der Waals surface area (Å²) in [4.78, 5) is 9.65. The van der Waals surface area contributed by atoms with E-state index < -0.39 is 0 Å². The number of hydrogen-bond donors (Lipinski definition) is 2. The van der Waals surface area contributed by atoms with E-state index in [0.717, 1.165) is 13.1 Å². The predicted molar refractivity (Wildman–Crippen MR) is 110 cm³/mol. The fraction of sp³-hybridized carbons (Fsp3) is 0.941. The van der Waals surface area contributed by atoms with Crippen molar-refractivity contribution in [1.29, 1.82) is 0 Å². The third kappa shape index (κ3) is 8.03. The van der Waals surface area contributed by atoms with Gasteiger partial charge in [0, 0.05) is 45.3 Å². The van der Waals surface area contributed by atoms with Gasteiger partial charge in [0.05, 0.1) is 0 Å². The van der Waals surface area contributed by atoms with Crippen LogP contribution >= 0.6 is 24.0 Å². The summed E-state index contributed by atoms with van der Waals surface area (Å²) in [5, 5.41) is 3.40. The van der Waals surface area contributed by atoms with E-state index in [1.807, 2.05) is 0 Å².